The number of nitrogens with two attached hydrogens (primary N) is 1. The summed E-state index contributed by atoms with van der Waals surface area (Å²) in [4.78, 5) is -0.0689. The molecule has 10 heteroatoms. The van der Waals surface area contributed by atoms with E-state index in [2.05, 4.69) is 27.4 Å². The maximum Gasteiger partial charge on any atom is 0.249 e. The standard InChI is InChI=1S/C20H20N6O3S/c1-2-3-6-15-13-26(25-22-15)16-11-9-14(10-12-16)19-23-24-20(29-19)17-7-4-5-8-18(17)30(21,27)28/h4-5,7-13H,2-3,6H2,1H3,(H2,21,27,28). The van der Waals surface area contributed by atoms with Crippen molar-refractivity contribution in [3.63, 3.8) is 0 Å². The number of sulfonamides is 1. The molecule has 30 heavy (non-hydrogen) atoms. The molecule has 2 heterocycles. The number of aryl methyl sites for hydroxylation is 1. The zero-order valence-electron chi connectivity index (χ0n) is 16.3. The third kappa shape index (κ3) is 4.14. The topological polar surface area (TPSA) is 130 Å². The van der Waals surface area contributed by atoms with Crippen LogP contribution < -0.4 is 5.14 Å². The van der Waals surface area contributed by atoms with Gasteiger partial charge in [-0.1, -0.05) is 30.7 Å². The van der Waals surface area contributed by atoms with Gasteiger partial charge in [-0.2, -0.15) is 0 Å². The van der Waals surface area contributed by atoms with Gasteiger partial charge >= 0.3 is 0 Å². The van der Waals surface area contributed by atoms with Gasteiger partial charge in [-0.3, -0.25) is 0 Å². The van der Waals surface area contributed by atoms with Crippen LogP contribution in [0.5, 0.6) is 0 Å². The van der Waals surface area contributed by atoms with E-state index in [1.54, 1.807) is 22.9 Å². The summed E-state index contributed by atoms with van der Waals surface area (Å²) in [6, 6.07) is 13.6. The van der Waals surface area contributed by atoms with Gasteiger partial charge in [0.1, 0.15) is 0 Å². The quantitative estimate of drug-likeness (QED) is 0.483. The second-order valence-electron chi connectivity index (χ2n) is 6.76. The molecule has 0 fully saturated rings. The van der Waals surface area contributed by atoms with E-state index in [0.29, 0.717) is 5.56 Å². The summed E-state index contributed by atoms with van der Waals surface area (Å²) >= 11 is 0. The van der Waals surface area contributed by atoms with E-state index in [0.717, 1.165) is 30.6 Å². The fourth-order valence-electron chi connectivity index (χ4n) is 2.99. The minimum absolute atomic E-state index is 0.0689. The van der Waals surface area contributed by atoms with Crippen molar-refractivity contribution in [2.45, 2.75) is 31.1 Å². The molecular formula is C20H20N6O3S. The molecule has 154 valence electrons. The summed E-state index contributed by atoms with van der Waals surface area (Å²) in [5.41, 5.74) is 2.76. The number of primary sulfonamides is 1. The normalized spacial score (nSPS) is 11.7. The first-order valence-electron chi connectivity index (χ1n) is 9.43. The molecule has 0 atom stereocenters. The van der Waals surface area contributed by atoms with E-state index in [9.17, 15) is 8.42 Å². The van der Waals surface area contributed by atoms with E-state index in [1.807, 2.05) is 30.5 Å². The van der Waals surface area contributed by atoms with Gasteiger partial charge in [0, 0.05) is 5.56 Å². The Kier molecular flexibility index (Phi) is 5.42. The Morgan fingerprint density at radius 3 is 2.47 bits per heavy atom. The van der Waals surface area contributed by atoms with Crippen LogP contribution in [0.2, 0.25) is 0 Å². The minimum atomic E-state index is -3.92. The van der Waals surface area contributed by atoms with Gasteiger partial charge in [0.25, 0.3) is 0 Å². The molecule has 0 saturated heterocycles. The van der Waals surface area contributed by atoms with Gasteiger partial charge in [-0.25, -0.2) is 18.2 Å². The summed E-state index contributed by atoms with van der Waals surface area (Å²) in [7, 11) is -3.92. The third-order valence-corrected chi connectivity index (χ3v) is 5.52. The zero-order chi connectivity index (χ0) is 21.1. The van der Waals surface area contributed by atoms with Gasteiger partial charge in [0.15, 0.2) is 0 Å². The van der Waals surface area contributed by atoms with Crippen molar-refractivity contribution >= 4 is 10.0 Å². The largest absolute Gasteiger partial charge is 0.416 e. The van der Waals surface area contributed by atoms with E-state index in [4.69, 9.17) is 9.56 Å². The first kappa shape index (κ1) is 19.9. The van der Waals surface area contributed by atoms with Crippen LogP contribution in [-0.4, -0.2) is 33.6 Å². The Balaban J connectivity index is 1.59. The molecule has 0 aliphatic rings. The van der Waals surface area contributed by atoms with E-state index >= 15 is 0 Å². The summed E-state index contributed by atoms with van der Waals surface area (Å²) in [5, 5.41) is 21.7. The molecule has 2 aromatic carbocycles. The Morgan fingerprint density at radius 2 is 1.73 bits per heavy atom. The first-order valence-corrected chi connectivity index (χ1v) is 11.0. The average molecular weight is 424 g/mol. The Labute approximate surface area is 173 Å². The fraction of sp³-hybridized carbons (Fsp3) is 0.200. The number of nitrogens with zero attached hydrogens (tertiary/aromatic N) is 5. The Hall–Kier alpha value is -3.37. The van der Waals surface area contributed by atoms with Crippen LogP contribution in [-0.2, 0) is 16.4 Å². The van der Waals surface area contributed by atoms with Crippen LogP contribution in [0.1, 0.15) is 25.5 Å². The van der Waals surface area contributed by atoms with Gasteiger partial charge in [-0.05, 0) is 49.2 Å². The highest BCUT2D eigenvalue weighted by molar-refractivity contribution is 7.89. The number of rotatable bonds is 7. The van der Waals surface area contributed by atoms with Crippen LogP contribution in [0.4, 0.5) is 0 Å². The molecule has 2 N–H and O–H groups in total. The monoisotopic (exact) mass is 424 g/mol. The maximum absolute atomic E-state index is 11.8. The molecule has 2 aromatic heterocycles. The second kappa shape index (κ2) is 8.17. The fourth-order valence-corrected chi connectivity index (χ4v) is 3.72. The molecule has 0 radical (unpaired) electrons. The molecule has 9 nitrogen and oxygen atoms in total. The molecule has 0 spiro atoms. The number of unbranched alkanes of at least 4 members (excludes halogenated alkanes) is 1. The highest BCUT2D eigenvalue weighted by Gasteiger charge is 2.19. The number of hydrogen-bond donors (Lipinski definition) is 1. The highest BCUT2D eigenvalue weighted by Crippen LogP contribution is 2.28. The van der Waals surface area contributed by atoms with Crippen molar-refractivity contribution in [3.05, 3.63) is 60.4 Å². The summed E-state index contributed by atoms with van der Waals surface area (Å²) in [5.74, 6) is 0.346. The van der Waals surface area contributed by atoms with Crippen molar-refractivity contribution in [2.75, 3.05) is 0 Å². The van der Waals surface area contributed by atoms with Gasteiger partial charge in [0.2, 0.25) is 21.8 Å². The first-order chi connectivity index (χ1) is 14.5. The molecule has 4 aromatic rings. The molecule has 0 amide bonds. The molecular weight excluding hydrogens is 404 g/mol. The van der Waals surface area contributed by atoms with Crippen molar-refractivity contribution in [3.8, 4) is 28.6 Å². The van der Waals surface area contributed by atoms with Crippen LogP contribution in [0, 0.1) is 0 Å². The lowest BCUT2D eigenvalue weighted by molar-refractivity contribution is 0.579. The number of benzene rings is 2. The number of aromatic nitrogens is 5. The minimum Gasteiger partial charge on any atom is -0.416 e. The smallest absolute Gasteiger partial charge is 0.249 e. The van der Waals surface area contributed by atoms with Crippen LogP contribution in [0.3, 0.4) is 0 Å². The SMILES string of the molecule is CCCCc1cn(-c2ccc(-c3nnc(-c4ccccc4S(N)(=O)=O)o3)cc2)nn1. The van der Waals surface area contributed by atoms with Crippen molar-refractivity contribution in [1.29, 1.82) is 0 Å². The predicted molar refractivity (Wildman–Crippen MR) is 110 cm³/mol. The summed E-state index contributed by atoms with van der Waals surface area (Å²) < 4.78 is 31.0. The molecule has 0 aliphatic carbocycles. The van der Waals surface area contributed by atoms with Crippen molar-refractivity contribution in [2.24, 2.45) is 5.14 Å². The van der Waals surface area contributed by atoms with Crippen molar-refractivity contribution < 1.29 is 12.8 Å². The molecule has 4 rings (SSSR count). The summed E-state index contributed by atoms with van der Waals surface area (Å²) in [6.45, 7) is 2.14. The molecule has 0 unspecified atom stereocenters. The van der Waals surface area contributed by atoms with Crippen molar-refractivity contribution in [1.82, 2.24) is 25.2 Å². The van der Waals surface area contributed by atoms with E-state index in [-0.39, 0.29) is 22.2 Å². The van der Waals surface area contributed by atoms with Crippen LogP contribution in [0.15, 0.2) is 64.0 Å². The highest BCUT2D eigenvalue weighted by atomic mass is 32.2. The van der Waals surface area contributed by atoms with Gasteiger partial charge in [0.05, 0.1) is 28.0 Å². The molecule has 0 saturated carbocycles. The average Bonchev–Trinajstić information content (AvgIpc) is 3.42. The van der Waals surface area contributed by atoms with E-state index < -0.39 is 10.0 Å². The third-order valence-electron chi connectivity index (χ3n) is 4.56. The lowest BCUT2D eigenvalue weighted by Crippen LogP contribution is -2.13. The lowest BCUT2D eigenvalue weighted by Gasteiger charge is -2.03. The molecule has 0 aliphatic heterocycles. The second-order valence-corrected chi connectivity index (χ2v) is 8.29. The van der Waals surface area contributed by atoms with Crippen LogP contribution in [0.25, 0.3) is 28.6 Å². The summed E-state index contributed by atoms with van der Waals surface area (Å²) in [6.07, 6.45) is 5.00. The van der Waals surface area contributed by atoms with Crippen LogP contribution >= 0.6 is 0 Å². The van der Waals surface area contributed by atoms with Gasteiger partial charge < -0.3 is 4.42 Å². The zero-order valence-corrected chi connectivity index (χ0v) is 17.1. The maximum atomic E-state index is 11.8. The Morgan fingerprint density at radius 1 is 1.00 bits per heavy atom. The van der Waals surface area contributed by atoms with E-state index in [1.165, 1.54) is 6.07 Å². The molecule has 0 bridgehead atoms. The Bertz CT molecular complexity index is 1260. The van der Waals surface area contributed by atoms with Gasteiger partial charge in [-0.15, -0.1) is 15.3 Å². The lowest BCUT2D eigenvalue weighted by atomic mass is 10.2. The predicted octanol–water partition coefficient (Wildman–Crippen LogP) is 2.97. The number of hydrogen-bond acceptors (Lipinski definition) is 7.